The van der Waals surface area contributed by atoms with Crippen LogP contribution in [-0.4, -0.2) is 32.3 Å². The van der Waals surface area contributed by atoms with Crippen LogP contribution in [0.25, 0.3) is 5.69 Å². The minimum absolute atomic E-state index is 0.163. The molecule has 0 aliphatic carbocycles. The van der Waals surface area contributed by atoms with E-state index in [1.165, 1.54) is 47.0 Å². The summed E-state index contributed by atoms with van der Waals surface area (Å²) >= 11 is 13.1. The predicted molar refractivity (Wildman–Crippen MR) is 140 cm³/mol. The number of hydrogen-bond donors (Lipinski definition) is 2. The van der Waals surface area contributed by atoms with Crippen LogP contribution >= 0.6 is 35.0 Å². The molecule has 0 radical (unpaired) electrons. The number of aromatic nitrogens is 3. The minimum Gasteiger partial charge on any atom is -0.345 e. The summed E-state index contributed by atoms with van der Waals surface area (Å²) in [6.07, 6.45) is -4.65. The molecule has 202 valence electrons. The second-order valence-corrected chi connectivity index (χ2v) is 9.63. The Balaban J connectivity index is 1.55. The Hall–Kier alpha value is -3.61. The second kappa shape index (κ2) is 12.1. The highest BCUT2D eigenvalue weighted by Gasteiger charge is 2.33. The lowest BCUT2D eigenvalue weighted by atomic mass is 10.1. The first-order valence-electron chi connectivity index (χ1n) is 11.1. The van der Waals surface area contributed by atoms with Gasteiger partial charge in [0.15, 0.2) is 11.0 Å². The molecule has 1 aromatic heterocycles. The van der Waals surface area contributed by atoms with Crippen LogP contribution in [0.3, 0.4) is 0 Å². The van der Waals surface area contributed by atoms with E-state index < -0.39 is 29.4 Å². The zero-order chi connectivity index (χ0) is 28.2. The number of rotatable bonds is 8. The number of thioether (sulfide) groups is 1. The fourth-order valence-electron chi connectivity index (χ4n) is 3.45. The number of para-hydroxylation sites is 1. The summed E-state index contributed by atoms with van der Waals surface area (Å²) < 4.78 is 55.3. The van der Waals surface area contributed by atoms with E-state index in [0.717, 1.165) is 30.0 Å². The smallest absolute Gasteiger partial charge is 0.345 e. The highest BCUT2D eigenvalue weighted by Crippen LogP contribution is 2.35. The van der Waals surface area contributed by atoms with Crippen LogP contribution in [0.2, 0.25) is 10.0 Å². The van der Waals surface area contributed by atoms with E-state index in [0.29, 0.717) is 5.69 Å². The van der Waals surface area contributed by atoms with Gasteiger partial charge in [-0.15, -0.1) is 10.2 Å². The minimum atomic E-state index is -4.65. The predicted octanol–water partition coefficient (Wildman–Crippen LogP) is 6.39. The van der Waals surface area contributed by atoms with Crippen LogP contribution in [0.5, 0.6) is 0 Å². The van der Waals surface area contributed by atoms with Gasteiger partial charge in [-0.05, 0) is 42.5 Å². The normalized spacial score (nSPS) is 11.3. The summed E-state index contributed by atoms with van der Waals surface area (Å²) in [6, 6.07) is 14.7. The molecule has 3 aromatic carbocycles. The number of alkyl halides is 3. The number of carbonyl (C=O) groups is 2. The number of carbonyl (C=O) groups excluding carboxylic acids is 2. The average molecular weight is 598 g/mol. The number of benzene rings is 3. The lowest BCUT2D eigenvalue weighted by Crippen LogP contribution is -2.25. The summed E-state index contributed by atoms with van der Waals surface area (Å²) in [5.74, 6) is -2.20. The molecule has 0 fully saturated rings. The molecule has 0 aliphatic rings. The van der Waals surface area contributed by atoms with Gasteiger partial charge in [-0.1, -0.05) is 59.2 Å². The lowest BCUT2D eigenvalue weighted by Gasteiger charge is -2.14. The number of amides is 2. The van der Waals surface area contributed by atoms with E-state index >= 15 is 0 Å². The number of nitrogens with one attached hydrogen (secondary N) is 2. The number of hydrogen-bond acceptors (Lipinski definition) is 5. The van der Waals surface area contributed by atoms with Crippen molar-refractivity contribution in [3.63, 3.8) is 0 Å². The molecule has 4 aromatic rings. The first kappa shape index (κ1) is 28.4. The standard InChI is InChI=1S/C25H17Cl2F4N5O2S/c26-17-10-9-14(11-18(17)27)36-21(12-32-23(38)15-5-1-3-7-19(15)28)34-35-24(36)39-13-22(37)33-20-8-4-2-6-16(20)25(29,30)31/h1-11H,12-13H2,(H,32,38)(H,33,37). The average Bonchev–Trinajstić information content (AvgIpc) is 3.30. The molecule has 1 heterocycles. The third-order valence-electron chi connectivity index (χ3n) is 5.23. The summed E-state index contributed by atoms with van der Waals surface area (Å²) in [5.41, 5.74) is -1.08. The van der Waals surface area contributed by atoms with Crippen molar-refractivity contribution in [2.75, 3.05) is 11.1 Å². The van der Waals surface area contributed by atoms with Crippen molar-refractivity contribution in [2.45, 2.75) is 17.9 Å². The fourth-order valence-corrected chi connectivity index (χ4v) is 4.51. The Morgan fingerprint density at radius 3 is 2.38 bits per heavy atom. The van der Waals surface area contributed by atoms with Crippen molar-refractivity contribution < 1.29 is 27.2 Å². The highest BCUT2D eigenvalue weighted by atomic mass is 35.5. The van der Waals surface area contributed by atoms with Gasteiger partial charge in [0.1, 0.15) is 5.82 Å². The van der Waals surface area contributed by atoms with E-state index in [1.807, 2.05) is 0 Å². The van der Waals surface area contributed by atoms with Gasteiger partial charge < -0.3 is 10.6 Å². The molecule has 4 rings (SSSR count). The first-order valence-corrected chi connectivity index (χ1v) is 12.8. The maximum atomic E-state index is 14.0. The van der Waals surface area contributed by atoms with Gasteiger partial charge in [-0.3, -0.25) is 14.2 Å². The van der Waals surface area contributed by atoms with Crippen LogP contribution < -0.4 is 10.6 Å². The molecule has 0 unspecified atom stereocenters. The van der Waals surface area contributed by atoms with Crippen LogP contribution in [0.4, 0.5) is 23.2 Å². The third kappa shape index (κ3) is 6.88. The van der Waals surface area contributed by atoms with Crippen molar-refractivity contribution in [1.29, 1.82) is 0 Å². The van der Waals surface area contributed by atoms with E-state index in [2.05, 4.69) is 20.8 Å². The Kier molecular flexibility index (Phi) is 8.78. The summed E-state index contributed by atoms with van der Waals surface area (Å²) in [5, 5.41) is 13.6. The summed E-state index contributed by atoms with van der Waals surface area (Å²) in [4.78, 5) is 25.0. The largest absolute Gasteiger partial charge is 0.418 e. The van der Waals surface area contributed by atoms with E-state index in [9.17, 15) is 27.2 Å². The molecule has 0 aliphatic heterocycles. The SMILES string of the molecule is O=C(CSc1nnc(CNC(=O)c2ccccc2F)n1-c1ccc(Cl)c(Cl)c1)Nc1ccccc1C(F)(F)F. The molecule has 0 spiro atoms. The van der Waals surface area contributed by atoms with Gasteiger partial charge in [-0.25, -0.2) is 4.39 Å². The van der Waals surface area contributed by atoms with Crippen LogP contribution in [0, 0.1) is 5.82 Å². The molecule has 0 bridgehead atoms. The maximum absolute atomic E-state index is 14.0. The Bertz CT molecular complexity index is 1530. The van der Waals surface area contributed by atoms with Gasteiger partial charge in [0.05, 0.1) is 44.8 Å². The second-order valence-electron chi connectivity index (χ2n) is 7.88. The Morgan fingerprint density at radius 2 is 1.67 bits per heavy atom. The zero-order valence-electron chi connectivity index (χ0n) is 19.6. The molecular weight excluding hydrogens is 581 g/mol. The molecule has 0 saturated heterocycles. The number of nitrogens with zero attached hydrogens (tertiary/aromatic N) is 3. The third-order valence-corrected chi connectivity index (χ3v) is 6.89. The van der Waals surface area contributed by atoms with Crippen LogP contribution in [0.1, 0.15) is 21.7 Å². The molecule has 0 saturated carbocycles. The van der Waals surface area contributed by atoms with Crippen molar-refractivity contribution in [3.05, 3.63) is 99.5 Å². The van der Waals surface area contributed by atoms with E-state index in [-0.39, 0.29) is 44.6 Å². The fraction of sp³-hybridized carbons (Fsp3) is 0.120. The Morgan fingerprint density at radius 1 is 0.949 bits per heavy atom. The topological polar surface area (TPSA) is 88.9 Å². The number of halogens is 6. The molecule has 39 heavy (non-hydrogen) atoms. The van der Waals surface area contributed by atoms with Crippen molar-refractivity contribution >= 4 is 52.5 Å². The monoisotopic (exact) mass is 597 g/mol. The van der Waals surface area contributed by atoms with E-state index in [4.69, 9.17) is 23.2 Å². The van der Waals surface area contributed by atoms with Gasteiger partial charge >= 0.3 is 6.18 Å². The van der Waals surface area contributed by atoms with Crippen LogP contribution in [-0.2, 0) is 17.5 Å². The highest BCUT2D eigenvalue weighted by molar-refractivity contribution is 7.99. The first-order chi connectivity index (χ1) is 18.5. The summed E-state index contributed by atoms with van der Waals surface area (Å²) in [6.45, 7) is -0.174. The zero-order valence-corrected chi connectivity index (χ0v) is 21.9. The van der Waals surface area contributed by atoms with Gasteiger partial charge in [-0.2, -0.15) is 13.2 Å². The van der Waals surface area contributed by atoms with Crippen molar-refractivity contribution in [3.8, 4) is 5.69 Å². The molecular formula is C25H17Cl2F4N5O2S. The number of anilines is 1. The lowest BCUT2D eigenvalue weighted by molar-refractivity contribution is -0.137. The van der Waals surface area contributed by atoms with Crippen molar-refractivity contribution in [1.82, 2.24) is 20.1 Å². The van der Waals surface area contributed by atoms with Gasteiger partial charge in [0.25, 0.3) is 5.91 Å². The van der Waals surface area contributed by atoms with Crippen molar-refractivity contribution in [2.24, 2.45) is 0 Å². The molecule has 7 nitrogen and oxygen atoms in total. The van der Waals surface area contributed by atoms with Gasteiger partial charge in [0.2, 0.25) is 5.91 Å². The van der Waals surface area contributed by atoms with E-state index in [1.54, 1.807) is 6.07 Å². The molecule has 14 heteroatoms. The maximum Gasteiger partial charge on any atom is 0.418 e. The van der Waals surface area contributed by atoms with Crippen LogP contribution in [0.15, 0.2) is 71.9 Å². The Labute approximate surface area is 233 Å². The quantitative estimate of drug-likeness (QED) is 0.181. The molecule has 2 amide bonds. The van der Waals surface area contributed by atoms with Gasteiger partial charge in [0, 0.05) is 0 Å². The summed E-state index contributed by atoms with van der Waals surface area (Å²) in [7, 11) is 0. The molecule has 0 atom stereocenters. The molecule has 2 N–H and O–H groups in total.